The molecule has 1 aromatic carbocycles. The van der Waals surface area contributed by atoms with Crippen molar-refractivity contribution in [3.8, 4) is 5.75 Å². The first kappa shape index (κ1) is 25.8. The third kappa shape index (κ3) is 10.7. The molecule has 0 saturated heterocycles. The van der Waals surface area contributed by atoms with E-state index in [1.165, 1.54) is 0 Å². The maximum absolute atomic E-state index is 11.9. The first-order valence-electron chi connectivity index (χ1n) is 11.4. The highest BCUT2D eigenvalue weighted by atomic mass is 16.6. The second-order valence-electron chi connectivity index (χ2n) is 10.2. The van der Waals surface area contributed by atoms with Crippen LogP contribution in [0.15, 0.2) is 24.3 Å². The number of carbonyl (C=O) groups is 2. The molecule has 0 unspecified atom stereocenters. The SMILES string of the molecule is CC(C)(C)OC(=O)Nc1cccc(OCCNC2CCC(NC(=O)OC(C)(C)C)CC2)c1. The molecule has 3 N–H and O–H groups in total. The van der Waals surface area contributed by atoms with E-state index in [1.807, 2.05) is 53.7 Å². The standard InChI is InChI=1S/C24H39N3O5/c1-23(2,3)31-21(28)26-18-12-10-17(11-13-18)25-14-15-30-20-9-7-8-19(16-20)27-22(29)32-24(4,5)6/h7-9,16-18,25H,10-15H2,1-6H3,(H,26,28)(H,27,29). The van der Waals surface area contributed by atoms with Crippen LogP contribution in [0.4, 0.5) is 15.3 Å². The molecule has 1 saturated carbocycles. The fourth-order valence-electron chi connectivity index (χ4n) is 3.43. The zero-order valence-corrected chi connectivity index (χ0v) is 20.2. The average molecular weight is 450 g/mol. The number of amides is 2. The Bertz CT molecular complexity index is 747. The third-order valence-electron chi connectivity index (χ3n) is 4.73. The largest absolute Gasteiger partial charge is 0.492 e. The van der Waals surface area contributed by atoms with E-state index in [2.05, 4.69) is 16.0 Å². The molecular weight excluding hydrogens is 410 g/mol. The van der Waals surface area contributed by atoms with Gasteiger partial charge in [-0.1, -0.05) is 6.07 Å². The van der Waals surface area contributed by atoms with Gasteiger partial charge in [-0.2, -0.15) is 0 Å². The van der Waals surface area contributed by atoms with E-state index in [1.54, 1.807) is 12.1 Å². The monoisotopic (exact) mass is 449 g/mol. The number of ether oxygens (including phenoxy) is 3. The number of hydrogen-bond donors (Lipinski definition) is 3. The van der Waals surface area contributed by atoms with E-state index >= 15 is 0 Å². The van der Waals surface area contributed by atoms with Crippen molar-refractivity contribution >= 4 is 17.9 Å². The Balaban J connectivity index is 1.64. The van der Waals surface area contributed by atoms with Gasteiger partial charge in [0.2, 0.25) is 0 Å². The number of hydrogen-bond acceptors (Lipinski definition) is 6. The van der Waals surface area contributed by atoms with Crippen LogP contribution in [0.1, 0.15) is 67.2 Å². The van der Waals surface area contributed by atoms with Crippen LogP contribution in [0.3, 0.4) is 0 Å². The van der Waals surface area contributed by atoms with Crippen LogP contribution in [0.2, 0.25) is 0 Å². The molecule has 1 aliphatic rings. The topological polar surface area (TPSA) is 97.9 Å². The summed E-state index contributed by atoms with van der Waals surface area (Å²) in [6, 6.07) is 7.83. The van der Waals surface area contributed by atoms with E-state index in [0.29, 0.717) is 24.1 Å². The Labute approximate surface area is 191 Å². The van der Waals surface area contributed by atoms with Crippen molar-refractivity contribution in [3.63, 3.8) is 0 Å². The molecule has 1 aromatic rings. The molecule has 32 heavy (non-hydrogen) atoms. The highest BCUT2D eigenvalue weighted by Crippen LogP contribution is 2.20. The van der Waals surface area contributed by atoms with Crippen LogP contribution in [0.25, 0.3) is 0 Å². The normalized spacial score (nSPS) is 19.1. The quantitative estimate of drug-likeness (QED) is 0.516. The van der Waals surface area contributed by atoms with Crippen LogP contribution in [-0.2, 0) is 9.47 Å². The Morgan fingerprint density at radius 3 is 2.12 bits per heavy atom. The summed E-state index contributed by atoms with van der Waals surface area (Å²) in [5.41, 5.74) is -0.399. The van der Waals surface area contributed by atoms with E-state index in [0.717, 1.165) is 32.2 Å². The Hall–Kier alpha value is -2.48. The number of anilines is 1. The highest BCUT2D eigenvalue weighted by Gasteiger charge is 2.24. The smallest absolute Gasteiger partial charge is 0.412 e. The summed E-state index contributed by atoms with van der Waals surface area (Å²) >= 11 is 0. The number of alkyl carbamates (subject to hydrolysis) is 1. The van der Waals surface area contributed by atoms with Crippen molar-refractivity contribution in [1.82, 2.24) is 10.6 Å². The van der Waals surface area contributed by atoms with Crippen LogP contribution < -0.4 is 20.7 Å². The van der Waals surface area contributed by atoms with Crippen molar-refractivity contribution in [2.75, 3.05) is 18.5 Å². The molecule has 0 aromatic heterocycles. The summed E-state index contributed by atoms with van der Waals surface area (Å²) < 4.78 is 16.4. The Morgan fingerprint density at radius 2 is 1.50 bits per heavy atom. The molecule has 2 amide bonds. The van der Waals surface area contributed by atoms with E-state index in [4.69, 9.17) is 14.2 Å². The molecule has 0 atom stereocenters. The molecule has 8 heteroatoms. The molecule has 0 radical (unpaired) electrons. The average Bonchev–Trinajstić information content (AvgIpc) is 2.63. The lowest BCUT2D eigenvalue weighted by atomic mass is 9.91. The summed E-state index contributed by atoms with van der Waals surface area (Å²) in [4.78, 5) is 23.8. The molecule has 1 aliphatic carbocycles. The minimum atomic E-state index is -0.547. The van der Waals surface area contributed by atoms with Crippen LogP contribution >= 0.6 is 0 Å². The summed E-state index contributed by atoms with van der Waals surface area (Å²) in [6.45, 7) is 12.3. The molecule has 0 spiro atoms. The molecular formula is C24H39N3O5. The first-order chi connectivity index (χ1) is 14.9. The predicted molar refractivity (Wildman–Crippen MR) is 125 cm³/mol. The van der Waals surface area contributed by atoms with E-state index < -0.39 is 17.3 Å². The number of nitrogens with one attached hydrogen (secondary N) is 3. The van der Waals surface area contributed by atoms with Gasteiger partial charge in [0, 0.05) is 30.4 Å². The zero-order valence-electron chi connectivity index (χ0n) is 20.2. The van der Waals surface area contributed by atoms with Gasteiger partial charge in [0.15, 0.2) is 0 Å². The lowest BCUT2D eigenvalue weighted by Gasteiger charge is -2.30. The fraction of sp³-hybridized carbons (Fsp3) is 0.667. The second-order valence-corrected chi connectivity index (χ2v) is 10.2. The van der Waals surface area contributed by atoms with Crippen molar-refractivity contribution in [2.24, 2.45) is 0 Å². The molecule has 8 nitrogen and oxygen atoms in total. The lowest BCUT2D eigenvalue weighted by molar-refractivity contribution is 0.0489. The maximum Gasteiger partial charge on any atom is 0.412 e. The zero-order chi connectivity index (χ0) is 23.8. The third-order valence-corrected chi connectivity index (χ3v) is 4.73. The minimum absolute atomic E-state index is 0.166. The van der Waals surface area contributed by atoms with Gasteiger partial charge < -0.3 is 24.8 Å². The predicted octanol–water partition coefficient (Wildman–Crippen LogP) is 4.84. The molecule has 180 valence electrons. The van der Waals surface area contributed by atoms with Crippen molar-refractivity contribution < 1.29 is 23.8 Å². The summed E-state index contributed by atoms with van der Waals surface area (Å²) in [7, 11) is 0. The van der Waals surface area contributed by atoms with Gasteiger partial charge in [-0.05, 0) is 79.4 Å². The highest BCUT2D eigenvalue weighted by molar-refractivity contribution is 5.85. The number of benzene rings is 1. The number of carbonyl (C=O) groups excluding carboxylic acids is 2. The minimum Gasteiger partial charge on any atom is -0.492 e. The summed E-state index contributed by atoms with van der Waals surface area (Å²) in [5, 5.41) is 9.20. The van der Waals surface area contributed by atoms with Crippen molar-refractivity contribution in [3.05, 3.63) is 24.3 Å². The van der Waals surface area contributed by atoms with Crippen LogP contribution in [0.5, 0.6) is 5.75 Å². The van der Waals surface area contributed by atoms with Crippen LogP contribution in [-0.4, -0.2) is 48.6 Å². The van der Waals surface area contributed by atoms with E-state index in [-0.39, 0.29) is 12.1 Å². The molecule has 0 heterocycles. The second kappa shape index (κ2) is 11.4. The van der Waals surface area contributed by atoms with Crippen molar-refractivity contribution in [2.45, 2.75) is 90.5 Å². The fourth-order valence-corrected chi connectivity index (χ4v) is 3.43. The Kier molecular flexibility index (Phi) is 9.19. The number of rotatable bonds is 7. The van der Waals surface area contributed by atoms with Crippen molar-refractivity contribution in [1.29, 1.82) is 0 Å². The molecule has 0 bridgehead atoms. The summed E-state index contributed by atoms with van der Waals surface area (Å²) in [5.74, 6) is 0.686. The van der Waals surface area contributed by atoms with Gasteiger partial charge >= 0.3 is 12.2 Å². The Morgan fingerprint density at radius 1 is 0.906 bits per heavy atom. The lowest BCUT2D eigenvalue weighted by Crippen LogP contribution is -2.44. The maximum atomic E-state index is 11.9. The molecule has 2 rings (SSSR count). The first-order valence-corrected chi connectivity index (χ1v) is 11.4. The van der Waals surface area contributed by atoms with Gasteiger partial charge in [0.1, 0.15) is 23.6 Å². The van der Waals surface area contributed by atoms with Gasteiger partial charge in [0.25, 0.3) is 0 Å². The van der Waals surface area contributed by atoms with E-state index in [9.17, 15) is 9.59 Å². The van der Waals surface area contributed by atoms with Gasteiger partial charge in [0.05, 0.1) is 0 Å². The van der Waals surface area contributed by atoms with Gasteiger partial charge in [-0.15, -0.1) is 0 Å². The van der Waals surface area contributed by atoms with Gasteiger partial charge in [-0.25, -0.2) is 9.59 Å². The summed E-state index contributed by atoms with van der Waals surface area (Å²) in [6.07, 6.45) is 3.01. The van der Waals surface area contributed by atoms with Gasteiger partial charge in [-0.3, -0.25) is 5.32 Å². The molecule has 0 aliphatic heterocycles. The van der Waals surface area contributed by atoms with Crippen LogP contribution in [0, 0.1) is 0 Å². The molecule has 1 fully saturated rings.